The fourth-order valence-electron chi connectivity index (χ4n) is 3.48. The summed E-state index contributed by atoms with van der Waals surface area (Å²) in [4.78, 5) is 38.2. The Kier molecular flexibility index (Phi) is 4.73. The van der Waals surface area contributed by atoms with E-state index in [1.165, 1.54) is 0 Å². The zero-order valence-corrected chi connectivity index (χ0v) is 16.0. The molecule has 7 nitrogen and oxygen atoms in total. The van der Waals surface area contributed by atoms with Gasteiger partial charge in [-0.3, -0.25) is 9.78 Å². The number of aryl methyl sites for hydroxylation is 2. The predicted octanol–water partition coefficient (Wildman–Crippen LogP) is 3.05. The van der Waals surface area contributed by atoms with Gasteiger partial charge < -0.3 is 14.6 Å². The lowest BCUT2D eigenvalue weighted by Gasteiger charge is -2.33. The Labute approximate surface area is 152 Å². The molecular formula is C19H26N4O3. The highest BCUT2D eigenvalue weighted by Crippen LogP contribution is 2.30. The summed E-state index contributed by atoms with van der Waals surface area (Å²) in [5.41, 5.74) is 3.07. The van der Waals surface area contributed by atoms with E-state index in [1.54, 1.807) is 11.1 Å². The van der Waals surface area contributed by atoms with E-state index < -0.39 is 5.60 Å². The highest BCUT2D eigenvalue weighted by Gasteiger charge is 2.29. The summed E-state index contributed by atoms with van der Waals surface area (Å²) >= 11 is 0. The fraction of sp³-hybridized carbons (Fsp3) is 0.579. The standard InChI is InChI=1S/C19H26N4O3/c1-11-10-20-15-12(2)14(17(24)22-16(15)21-11)13-6-8-23(9-7-13)18(25)26-19(3,4)5/h10,13H,6-9H2,1-5H3,(H,21,22,24). The van der Waals surface area contributed by atoms with Crippen LogP contribution in [0.1, 0.15) is 56.4 Å². The van der Waals surface area contributed by atoms with E-state index in [1.807, 2.05) is 34.6 Å². The Hall–Kier alpha value is -2.44. The Morgan fingerprint density at radius 3 is 2.54 bits per heavy atom. The largest absolute Gasteiger partial charge is 0.444 e. The molecule has 0 radical (unpaired) electrons. The molecular weight excluding hydrogens is 332 g/mol. The van der Waals surface area contributed by atoms with Crippen molar-refractivity contribution in [3.05, 3.63) is 33.4 Å². The van der Waals surface area contributed by atoms with Gasteiger partial charge in [-0.15, -0.1) is 0 Å². The molecule has 0 unspecified atom stereocenters. The van der Waals surface area contributed by atoms with Gasteiger partial charge in [0, 0.05) is 24.8 Å². The number of likely N-dealkylation sites (tertiary alicyclic amines) is 1. The van der Waals surface area contributed by atoms with Crippen LogP contribution in [0.25, 0.3) is 11.2 Å². The molecule has 1 fully saturated rings. The van der Waals surface area contributed by atoms with Gasteiger partial charge in [0.25, 0.3) is 5.56 Å². The van der Waals surface area contributed by atoms with Crippen molar-refractivity contribution in [2.75, 3.05) is 13.1 Å². The van der Waals surface area contributed by atoms with Crippen LogP contribution in [0.15, 0.2) is 11.0 Å². The number of hydrogen-bond donors (Lipinski definition) is 1. The average molecular weight is 358 g/mol. The number of ether oxygens (including phenoxy) is 1. The number of nitrogens with one attached hydrogen (secondary N) is 1. The van der Waals surface area contributed by atoms with Gasteiger partial charge in [-0.2, -0.15) is 0 Å². The number of rotatable bonds is 1. The first kappa shape index (κ1) is 18.4. The molecule has 0 atom stereocenters. The number of carbonyl (C=O) groups is 1. The Bertz CT molecular complexity index is 890. The number of H-pyrrole nitrogens is 1. The van der Waals surface area contributed by atoms with Crippen LogP contribution in [0.3, 0.4) is 0 Å². The molecule has 2 aromatic heterocycles. The summed E-state index contributed by atoms with van der Waals surface area (Å²) in [7, 11) is 0. The molecule has 1 aliphatic rings. The summed E-state index contributed by atoms with van der Waals surface area (Å²) < 4.78 is 5.44. The van der Waals surface area contributed by atoms with Crippen molar-refractivity contribution in [1.29, 1.82) is 0 Å². The molecule has 0 saturated carbocycles. The number of nitrogens with zero attached hydrogens (tertiary/aromatic N) is 3. The van der Waals surface area contributed by atoms with Crippen molar-refractivity contribution >= 4 is 17.3 Å². The third-order valence-corrected chi connectivity index (χ3v) is 4.68. The Morgan fingerprint density at radius 2 is 1.92 bits per heavy atom. The molecule has 140 valence electrons. The van der Waals surface area contributed by atoms with Crippen molar-refractivity contribution in [3.8, 4) is 0 Å². The minimum absolute atomic E-state index is 0.102. The Morgan fingerprint density at radius 1 is 1.27 bits per heavy atom. The van der Waals surface area contributed by atoms with Gasteiger partial charge in [0.2, 0.25) is 0 Å². The smallest absolute Gasteiger partial charge is 0.410 e. The molecule has 0 bridgehead atoms. The maximum absolute atomic E-state index is 12.6. The number of hydrogen-bond acceptors (Lipinski definition) is 5. The molecule has 0 aromatic carbocycles. The molecule has 1 N–H and O–H groups in total. The summed E-state index contributed by atoms with van der Waals surface area (Å²) in [6.07, 6.45) is 2.88. The highest BCUT2D eigenvalue weighted by atomic mass is 16.6. The highest BCUT2D eigenvalue weighted by molar-refractivity contribution is 5.75. The summed E-state index contributed by atoms with van der Waals surface area (Å²) in [6, 6.07) is 0. The summed E-state index contributed by atoms with van der Waals surface area (Å²) in [5, 5.41) is 0. The van der Waals surface area contributed by atoms with Crippen molar-refractivity contribution < 1.29 is 9.53 Å². The number of fused-ring (bicyclic) bond motifs is 1. The third kappa shape index (κ3) is 3.71. The van der Waals surface area contributed by atoms with E-state index in [0.29, 0.717) is 18.7 Å². The van der Waals surface area contributed by atoms with Gasteiger partial charge in [0.15, 0.2) is 5.65 Å². The molecule has 3 rings (SSSR count). The summed E-state index contributed by atoms with van der Waals surface area (Å²) in [6.45, 7) is 10.5. The number of amides is 1. The lowest BCUT2D eigenvalue weighted by Crippen LogP contribution is -2.42. The fourth-order valence-corrected chi connectivity index (χ4v) is 3.48. The second-order valence-electron chi connectivity index (χ2n) is 7.94. The number of pyridine rings is 1. The van der Waals surface area contributed by atoms with Crippen LogP contribution >= 0.6 is 0 Å². The van der Waals surface area contributed by atoms with Crippen molar-refractivity contribution in [2.45, 2.75) is 59.0 Å². The lowest BCUT2D eigenvalue weighted by atomic mass is 9.87. The van der Waals surface area contributed by atoms with Crippen LogP contribution in [0.4, 0.5) is 4.79 Å². The minimum Gasteiger partial charge on any atom is -0.444 e. The third-order valence-electron chi connectivity index (χ3n) is 4.68. The first-order valence-corrected chi connectivity index (χ1v) is 9.00. The number of carbonyl (C=O) groups excluding carboxylic acids is 1. The summed E-state index contributed by atoms with van der Waals surface area (Å²) in [5.74, 6) is 0.102. The zero-order chi connectivity index (χ0) is 19.1. The van der Waals surface area contributed by atoms with E-state index in [2.05, 4.69) is 15.0 Å². The molecule has 1 aliphatic heterocycles. The van der Waals surface area contributed by atoms with Crippen LogP contribution < -0.4 is 5.56 Å². The first-order chi connectivity index (χ1) is 12.2. The van der Waals surface area contributed by atoms with Gasteiger partial charge in [0.1, 0.15) is 11.1 Å². The average Bonchev–Trinajstić information content (AvgIpc) is 2.53. The van der Waals surface area contributed by atoms with Crippen LogP contribution in [-0.2, 0) is 4.74 Å². The van der Waals surface area contributed by atoms with Crippen LogP contribution in [-0.4, -0.2) is 44.6 Å². The molecule has 3 heterocycles. The van der Waals surface area contributed by atoms with Gasteiger partial charge in [-0.1, -0.05) is 0 Å². The minimum atomic E-state index is -0.503. The van der Waals surface area contributed by atoms with Crippen LogP contribution in [0.5, 0.6) is 0 Å². The molecule has 0 aliphatic carbocycles. The quantitative estimate of drug-likeness (QED) is 0.846. The topological polar surface area (TPSA) is 88.2 Å². The van der Waals surface area contributed by atoms with Crippen molar-refractivity contribution in [2.24, 2.45) is 0 Å². The zero-order valence-electron chi connectivity index (χ0n) is 16.0. The van der Waals surface area contributed by atoms with Gasteiger partial charge in [-0.05, 0) is 58.9 Å². The molecule has 1 amide bonds. The molecule has 1 saturated heterocycles. The van der Waals surface area contributed by atoms with Gasteiger partial charge >= 0.3 is 6.09 Å². The van der Waals surface area contributed by atoms with Crippen molar-refractivity contribution in [1.82, 2.24) is 19.9 Å². The monoisotopic (exact) mass is 358 g/mol. The molecule has 0 spiro atoms. The number of aromatic nitrogens is 3. The SMILES string of the molecule is Cc1cnc2c(C)c(C3CCN(C(=O)OC(C)(C)C)CC3)c(=O)[nH]c2n1. The van der Waals surface area contributed by atoms with Crippen LogP contribution in [0.2, 0.25) is 0 Å². The predicted molar refractivity (Wildman–Crippen MR) is 99.4 cm³/mol. The van der Waals surface area contributed by atoms with E-state index in [0.717, 1.165) is 35.2 Å². The van der Waals surface area contributed by atoms with E-state index in [9.17, 15) is 9.59 Å². The van der Waals surface area contributed by atoms with Gasteiger partial charge in [-0.25, -0.2) is 9.78 Å². The van der Waals surface area contributed by atoms with E-state index in [4.69, 9.17) is 4.74 Å². The lowest BCUT2D eigenvalue weighted by molar-refractivity contribution is 0.0204. The van der Waals surface area contributed by atoms with Crippen molar-refractivity contribution in [3.63, 3.8) is 0 Å². The van der Waals surface area contributed by atoms with Gasteiger partial charge in [0.05, 0.1) is 5.69 Å². The molecule has 2 aromatic rings. The molecule has 26 heavy (non-hydrogen) atoms. The number of piperidine rings is 1. The number of aromatic amines is 1. The molecule has 7 heteroatoms. The Balaban J connectivity index is 1.81. The van der Waals surface area contributed by atoms with E-state index >= 15 is 0 Å². The maximum atomic E-state index is 12.6. The van der Waals surface area contributed by atoms with Crippen LogP contribution in [0, 0.1) is 13.8 Å². The maximum Gasteiger partial charge on any atom is 0.410 e. The normalized spacial score (nSPS) is 16.1. The first-order valence-electron chi connectivity index (χ1n) is 9.00. The second kappa shape index (κ2) is 6.70. The second-order valence-corrected chi connectivity index (χ2v) is 7.94. The van der Waals surface area contributed by atoms with E-state index in [-0.39, 0.29) is 17.6 Å².